The van der Waals surface area contributed by atoms with Gasteiger partial charge in [-0.3, -0.25) is 4.79 Å². The van der Waals surface area contributed by atoms with Crippen molar-refractivity contribution in [3.63, 3.8) is 0 Å². The van der Waals surface area contributed by atoms with Crippen molar-refractivity contribution < 1.29 is 9.32 Å². The monoisotopic (exact) mass is 356 g/mol. The van der Waals surface area contributed by atoms with Crippen LogP contribution in [0, 0.1) is 0 Å². The van der Waals surface area contributed by atoms with Gasteiger partial charge >= 0.3 is 0 Å². The van der Waals surface area contributed by atoms with Crippen LogP contribution in [-0.2, 0) is 0 Å². The van der Waals surface area contributed by atoms with E-state index in [1.807, 2.05) is 60.7 Å². The Balaban J connectivity index is 1.42. The molecule has 0 bridgehead atoms. The van der Waals surface area contributed by atoms with Gasteiger partial charge in [-0.05, 0) is 24.3 Å². The molecule has 0 aliphatic carbocycles. The lowest BCUT2D eigenvalue weighted by molar-refractivity contribution is 0.101. The molecule has 132 valence electrons. The van der Waals surface area contributed by atoms with E-state index in [9.17, 15) is 4.79 Å². The molecule has 4 rings (SSSR count). The normalized spacial score (nSPS) is 10.4. The number of nitrogens with one attached hydrogen (secondary N) is 2. The molecule has 6 nitrogen and oxygen atoms in total. The maximum Gasteiger partial charge on any atom is 0.277 e. The standard InChI is InChI=1S/C21H16N4O2/c26-21(18-13-19(27-25-18)15-7-3-1-4-8-15)24-17-11-12-20(22-14-17)23-16-9-5-2-6-10-16/h1-14H,(H,22,23)(H,24,26). The average Bonchev–Trinajstić information content (AvgIpc) is 3.21. The number of pyridine rings is 1. The third-order valence-electron chi connectivity index (χ3n) is 3.87. The molecule has 0 radical (unpaired) electrons. The van der Waals surface area contributed by atoms with Crippen molar-refractivity contribution in [3.8, 4) is 11.3 Å². The van der Waals surface area contributed by atoms with E-state index in [1.165, 1.54) is 0 Å². The van der Waals surface area contributed by atoms with Crippen molar-refractivity contribution in [2.75, 3.05) is 10.6 Å². The summed E-state index contributed by atoms with van der Waals surface area (Å²) in [6.45, 7) is 0. The van der Waals surface area contributed by atoms with Crippen LogP contribution < -0.4 is 10.6 Å². The van der Waals surface area contributed by atoms with E-state index in [1.54, 1.807) is 24.4 Å². The summed E-state index contributed by atoms with van der Waals surface area (Å²) in [7, 11) is 0. The van der Waals surface area contributed by atoms with Gasteiger partial charge in [0, 0.05) is 17.3 Å². The van der Waals surface area contributed by atoms with Crippen LogP contribution in [0.25, 0.3) is 11.3 Å². The summed E-state index contributed by atoms with van der Waals surface area (Å²) >= 11 is 0. The first-order valence-electron chi connectivity index (χ1n) is 8.39. The molecule has 0 fully saturated rings. The third-order valence-corrected chi connectivity index (χ3v) is 3.87. The maximum atomic E-state index is 12.4. The minimum atomic E-state index is -0.355. The maximum absolute atomic E-state index is 12.4. The highest BCUT2D eigenvalue weighted by molar-refractivity contribution is 6.03. The van der Waals surface area contributed by atoms with Gasteiger partial charge in [-0.2, -0.15) is 0 Å². The van der Waals surface area contributed by atoms with Crippen molar-refractivity contribution in [1.82, 2.24) is 10.1 Å². The number of anilines is 3. The van der Waals surface area contributed by atoms with E-state index >= 15 is 0 Å². The molecule has 2 heterocycles. The molecule has 0 saturated heterocycles. The van der Waals surface area contributed by atoms with Gasteiger partial charge in [-0.1, -0.05) is 53.7 Å². The highest BCUT2D eigenvalue weighted by atomic mass is 16.5. The minimum absolute atomic E-state index is 0.209. The number of carbonyl (C=O) groups excluding carboxylic acids is 1. The Morgan fingerprint density at radius 2 is 1.59 bits per heavy atom. The summed E-state index contributed by atoms with van der Waals surface area (Å²) in [6, 6.07) is 24.4. The number of para-hydroxylation sites is 1. The first-order chi connectivity index (χ1) is 13.3. The number of hydrogen-bond donors (Lipinski definition) is 2. The number of rotatable bonds is 5. The van der Waals surface area contributed by atoms with Gasteiger partial charge in [0.25, 0.3) is 5.91 Å². The fourth-order valence-corrected chi connectivity index (χ4v) is 2.53. The van der Waals surface area contributed by atoms with Gasteiger partial charge in [0.15, 0.2) is 11.5 Å². The summed E-state index contributed by atoms with van der Waals surface area (Å²) in [4.78, 5) is 16.7. The Bertz CT molecular complexity index is 1030. The SMILES string of the molecule is O=C(Nc1ccc(Nc2ccccc2)nc1)c1cc(-c2ccccc2)on1. The third kappa shape index (κ3) is 4.01. The van der Waals surface area contributed by atoms with Gasteiger partial charge in [0.1, 0.15) is 5.82 Å². The second-order valence-corrected chi connectivity index (χ2v) is 5.82. The second kappa shape index (κ2) is 7.53. The van der Waals surface area contributed by atoms with E-state index in [0.29, 0.717) is 17.3 Å². The summed E-state index contributed by atoms with van der Waals surface area (Å²) in [6.07, 6.45) is 1.58. The fraction of sp³-hybridized carbons (Fsp3) is 0. The first kappa shape index (κ1) is 16.5. The van der Waals surface area contributed by atoms with Crippen LogP contribution in [0.5, 0.6) is 0 Å². The van der Waals surface area contributed by atoms with Crippen LogP contribution in [0.4, 0.5) is 17.2 Å². The molecule has 27 heavy (non-hydrogen) atoms. The molecular weight excluding hydrogens is 340 g/mol. The van der Waals surface area contributed by atoms with Crippen molar-refractivity contribution >= 4 is 23.1 Å². The van der Waals surface area contributed by atoms with Crippen LogP contribution in [0.15, 0.2) is 89.6 Å². The average molecular weight is 356 g/mol. The van der Waals surface area contributed by atoms with Gasteiger partial charge in [0.05, 0.1) is 11.9 Å². The first-order valence-corrected chi connectivity index (χ1v) is 8.39. The Morgan fingerprint density at radius 1 is 0.852 bits per heavy atom. The van der Waals surface area contributed by atoms with Gasteiger partial charge in [-0.25, -0.2) is 4.98 Å². The summed E-state index contributed by atoms with van der Waals surface area (Å²) in [5.74, 6) is 0.875. The molecule has 0 aliphatic rings. The van der Waals surface area contributed by atoms with Crippen molar-refractivity contribution in [2.45, 2.75) is 0 Å². The molecule has 6 heteroatoms. The van der Waals surface area contributed by atoms with Crippen LogP contribution in [0.3, 0.4) is 0 Å². The molecule has 2 aromatic heterocycles. The van der Waals surface area contributed by atoms with Gasteiger partial charge in [0.2, 0.25) is 0 Å². The minimum Gasteiger partial charge on any atom is -0.355 e. The smallest absolute Gasteiger partial charge is 0.277 e. The number of hydrogen-bond acceptors (Lipinski definition) is 5. The predicted octanol–water partition coefficient (Wildman–Crippen LogP) is 4.73. The molecule has 2 aromatic carbocycles. The van der Waals surface area contributed by atoms with E-state index in [2.05, 4.69) is 20.8 Å². The molecule has 0 atom stereocenters. The topological polar surface area (TPSA) is 80.0 Å². The molecule has 0 spiro atoms. The van der Waals surface area contributed by atoms with E-state index in [0.717, 1.165) is 11.3 Å². The zero-order valence-electron chi connectivity index (χ0n) is 14.3. The van der Waals surface area contributed by atoms with Crippen LogP contribution in [0.2, 0.25) is 0 Å². The predicted molar refractivity (Wildman–Crippen MR) is 104 cm³/mol. The lowest BCUT2D eigenvalue weighted by atomic mass is 10.1. The molecule has 4 aromatic rings. The van der Waals surface area contributed by atoms with Gasteiger partial charge in [-0.15, -0.1) is 0 Å². The molecule has 0 saturated carbocycles. The number of benzene rings is 2. The largest absolute Gasteiger partial charge is 0.355 e. The zero-order chi connectivity index (χ0) is 18.5. The van der Waals surface area contributed by atoms with Crippen LogP contribution in [0.1, 0.15) is 10.5 Å². The Hall–Kier alpha value is -3.93. The fourth-order valence-electron chi connectivity index (χ4n) is 2.53. The molecule has 2 N–H and O–H groups in total. The highest BCUT2D eigenvalue weighted by Gasteiger charge is 2.14. The van der Waals surface area contributed by atoms with Crippen LogP contribution >= 0.6 is 0 Å². The van der Waals surface area contributed by atoms with E-state index in [4.69, 9.17) is 4.52 Å². The lowest BCUT2D eigenvalue weighted by Gasteiger charge is -2.06. The zero-order valence-corrected chi connectivity index (χ0v) is 14.3. The number of aromatic nitrogens is 2. The second-order valence-electron chi connectivity index (χ2n) is 5.82. The Labute approximate surface area is 155 Å². The summed E-state index contributed by atoms with van der Waals surface area (Å²) in [5, 5.41) is 9.79. The highest BCUT2D eigenvalue weighted by Crippen LogP contribution is 2.21. The van der Waals surface area contributed by atoms with Crippen LogP contribution in [-0.4, -0.2) is 16.0 Å². The quantitative estimate of drug-likeness (QED) is 0.540. The number of nitrogens with zero attached hydrogens (tertiary/aromatic N) is 2. The molecule has 0 aliphatic heterocycles. The van der Waals surface area contributed by atoms with E-state index < -0.39 is 0 Å². The van der Waals surface area contributed by atoms with Crippen molar-refractivity contribution in [2.24, 2.45) is 0 Å². The lowest BCUT2D eigenvalue weighted by Crippen LogP contribution is -2.12. The van der Waals surface area contributed by atoms with E-state index in [-0.39, 0.29) is 11.6 Å². The summed E-state index contributed by atoms with van der Waals surface area (Å²) < 4.78 is 5.26. The van der Waals surface area contributed by atoms with Crippen molar-refractivity contribution in [3.05, 3.63) is 90.8 Å². The van der Waals surface area contributed by atoms with Gasteiger partial charge < -0.3 is 15.2 Å². The molecule has 0 unspecified atom stereocenters. The Kier molecular flexibility index (Phi) is 4.61. The summed E-state index contributed by atoms with van der Waals surface area (Å²) in [5.41, 5.74) is 2.59. The Morgan fingerprint density at radius 3 is 2.30 bits per heavy atom. The molecule has 1 amide bonds. The number of carbonyl (C=O) groups is 1. The number of amides is 1. The molecular formula is C21H16N4O2. The van der Waals surface area contributed by atoms with Crippen molar-refractivity contribution in [1.29, 1.82) is 0 Å².